The third-order valence-corrected chi connectivity index (χ3v) is 9.00. The van der Waals surface area contributed by atoms with Gasteiger partial charge in [0.2, 0.25) is 0 Å². The highest BCUT2D eigenvalue weighted by Crippen LogP contribution is 2.38. The molecule has 5 rings (SSSR count). The first-order chi connectivity index (χ1) is 22.6. The molecule has 0 unspecified atom stereocenters. The number of hydrogen-bond acceptors (Lipinski definition) is 10. The SMILES string of the molecule is CO[C@@H]1[C@@H](n2cc(-c3cc(F)c(NCCCO)c(F)c3)nn2)[C@@H](O)[C@@H](CO)O[C@H]1C(=O)N(c1cc(Cl)cc(Cl)c1)[C@H]1CCCC[C@@H]1O. The molecule has 1 aliphatic heterocycles. The molecule has 5 N–H and O–H groups in total. The van der Waals surface area contributed by atoms with Crippen LogP contribution in [0.15, 0.2) is 36.5 Å². The lowest BCUT2D eigenvalue weighted by molar-refractivity contribution is -0.211. The van der Waals surface area contributed by atoms with Crippen LogP contribution < -0.4 is 10.2 Å². The van der Waals surface area contributed by atoms with Crippen LogP contribution in [0.3, 0.4) is 0 Å². The van der Waals surface area contributed by atoms with Crippen molar-refractivity contribution in [3.05, 3.63) is 58.2 Å². The number of ether oxygens (including phenoxy) is 2. The van der Waals surface area contributed by atoms with Gasteiger partial charge in [-0.1, -0.05) is 41.3 Å². The van der Waals surface area contributed by atoms with Crippen molar-refractivity contribution in [2.24, 2.45) is 0 Å². The van der Waals surface area contributed by atoms with Gasteiger partial charge in [0, 0.05) is 41.6 Å². The lowest BCUT2D eigenvalue weighted by Gasteiger charge is -2.46. The minimum atomic E-state index is -1.45. The smallest absolute Gasteiger partial charge is 0.259 e. The van der Waals surface area contributed by atoms with Gasteiger partial charge in [-0.05, 0) is 49.6 Å². The molecule has 1 aromatic heterocycles. The van der Waals surface area contributed by atoms with Crippen LogP contribution in [0.5, 0.6) is 0 Å². The van der Waals surface area contributed by atoms with Crippen LogP contribution in [-0.2, 0) is 14.3 Å². The Balaban J connectivity index is 1.50. The molecular formula is C31H37Cl2F2N5O7. The van der Waals surface area contributed by atoms with E-state index in [1.165, 1.54) is 29.0 Å². The van der Waals surface area contributed by atoms with E-state index in [4.69, 9.17) is 37.8 Å². The quantitative estimate of drug-likeness (QED) is 0.188. The summed E-state index contributed by atoms with van der Waals surface area (Å²) >= 11 is 12.6. The Morgan fingerprint density at radius 3 is 2.40 bits per heavy atom. The number of carbonyl (C=O) groups is 1. The second-order valence-electron chi connectivity index (χ2n) is 11.6. The van der Waals surface area contributed by atoms with Crippen LogP contribution in [0.25, 0.3) is 11.3 Å². The van der Waals surface area contributed by atoms with E-state index in [0.29, 0.717) is 24.9 Å². The summed E-state index contributed by atoms with van der Waals surface area (Å²) in [6.45, 7) is -0.653. The predicted octanol–water partition coefficient (Wildman–Crippen LogP) is 3.34. The summed E-state index contributed by atoms with van der Waals surface area (Å²) in [6.07, 6.45) is -2.11. The third kappa shape index (κ3) is 7.55. The summed E-state index contributed by atoms with van der Waals surface area (Å²) < 4.78 is 42.6. The minimum absolute atomic E-state index is 0.0519. The molecule has 2 aliphatic rings. The zero-order valence-corrected chi connectivity index (χ0v) is 27.0. The van der Waals surface area contributed by atoms with Gasteiger partial charge in [0.1, 0.15) is 47.4 Å². The summed E-state index contributed by atoms with van der Waals surface area (Å²) in [5.74, 6) is -2.40. The van der Waals surface area contributed by atoms with E-state index in [-0.39, 0.29) is 40.1 Å². The number of anilines is 2. The first-order valence-electron chi connectivity index (χ1n) is 15.3. The molecule has 1 aliphatic carbocycles. The Hall–Kier alpha value is -2.95. The molecule has 0 spiro atoms. The number of halogens is 4. The van der Waals surface area contributed by atoms with Crippen LogP contribution in [0.2, 0.25) is 10.0 Å². The predicted molar refractivity (Wildman–Crippen MR) is 169 cm³/mol. The van der Waals surface area contributed by atoms with E-state index in [2.05, 4.69) is 15.6 Å². The summed E-state index contributed by atoms with van der Waals surface area (Å²) in [7, 11) is 1.31. The number of nitrogens with one attached hydrogen (secondary N) is 1. The molecule has 1 saturated heterocycles. The highest BCUT2D eigenvalue weighted by Gasteiger charge is 2.52. The van der Waals surface area contributed by atoms with Gasteiger partial charge in [-0.3, -0.25) is 4.79 Å². The first-order valence-corrected chi connectivity index (χ1v) is 16.0. The maximum atomic E-state index is 14.8. The number of aliphatic hydroxyl groups excluding tert-OH is 4. The second-order valence-corrected chi connectivity index (χ2v) is 12.5. The van der Waals surface area contributed by atoms with Crippen molar-refractivity contribution in [3.63, 3.8) is 0 Å². The van der Waals surface area contributed by atoms with Gasteiger partial charge < -0.3 is 40.1 Å². The second kappa shape index (κ2) is 15.5. The van der Waals surface area contributed by atoms with Crippen LogP contribution in [0.4, 0.5) is 20.2 Å². The van der Waals surface area contributed by atoms with Gasteiger partial charge in [-0.2, -0.15) is 0 Å². The number of rotatable bonds is 11. The summed E-state index contributed by atoms with van der Waals surface area (Å²) in [5.41, 5.74) is 0.0782. The fraction of sp³-hybridized carbons (Fsp3) is 0.516. The highest BCUT2D eigenvalue weighted by atomic mass is 35.5. The van der Waals surface area contributed by atoms with Crippen molar-refractivity contribution in [3.8, 4) is 11.3 Å². The maximum absolute atomic E-state index is 14.8. The molecular weight excluding hydrogens is 663 g/mol. The average Bonchev–Trinajstić information content (AvgIpc) is 3.52. The molecule has 1 saturated carbocycles. The van der Waals surface area contributed by atoms with E-state index < -0.39 is 66.8 Å². The largest absolute Gasteiger partial charge is 0.396 e. The summed E-state index contributed by atoms with van der Waals surface area (Å²) in [6, 6.07) is 4.92. The number of methoxy groups -OCH3 is 1. The molecule has 7 atom stereocenters. The lowest BCUT2D eigenvalue weighted by atomic mass is 9.88. The Bertz CT molecular complexity index is 1510. The third-order valence-electron chi connectivity index (χ3n) is 8.56. The Morgan fingerprint density at radius 2 is 1.79 bits per heavy atom. The number of aromatic nitrogens is 3. The van der Waals surface area contributed by atoms with Crippen molar-refractivity contribution in [2.75, 3.05) is 37.1 Å². The molecule has 47 heavy (non-hydrogen) atoms. The molecule has 2 heterocycles. The number of carbonyl (C=O) groups excluding carboxylic acids is 1. The summed E-state index contributed by atoms with van der Waals surface area (Å²) in [5, 5.41) is 52.7. The lowest BCUT2D eigenvalue weighted by Crippen LogP contribution is -2.63. The number of hydrogen-bond donors (Lipinski definition) is 5. The summed E-state index contributed by atoms with van der Waals surface area (Å²) in [4.78, 5) is 15.9. The van der Waals surface area contributed by atoms with Gasteiger partial charge in [0.25, 0.3) is 5.91 Å². The van der Waals surface area contributed by atoms with Gasteiger partial charge in [0.15, 0.2) is 6.10 Å². The standard InChI is InChI=1S/C31H37Cl2F2N5O7/c1-46-29-27(39-14-22(37-38-39)16-9-20(34)26(21(35)10-16)36-7-4-8-41)28(44)25(15-42)47-30(29)31(45)40(23-5-2-3-6-24(23)43)19-12-17(32)11-18(33)13-19/h9-14,23-25,27-30,36,41-44H,2-8,15H2,1H3/t23-,24-,25+,27-,28-,29+,30+/m0/s1. The monoisotopic (exact) mass is 699 g/mol. The molecule has 0 bridgehead atoms. The van der Waals surface area contributed by atoms with Crippen molar-refractivity contribution >= 4 is 40.5 Å². The molecule has 0 radical (unpaired) electrons. The Labute approximate surface area is 279 Å². The van der Waals surface area contributed by atoms with Crippen LogP contribution in [-0.4, -0.2) is 105 Å². The topological polar surface area (TPSA) is 162 Å². The molecule has 12 nitrogen and oxygen atoms in total. The van der Waals surface area contributed by atoms with E-state index in [1.54, 1.807) is 12.1 Å². The molecule has 3 aromatic rings. The molecule has 16 heteroatoms. The van der Waals surface area contributed by atoms with Gasteiger partial charge >= 0.3 is 0 Å². The minimum Gasteiger partial charge on any atom is -0.396 e. The van der Waals surface area contributed by atoms with Crippen LogP contribution in [0, 0.1) is 11.6 Å². The van der Waals surface area contributed by atoms with Crippen LogP contribution >= 0.6 is 23.2 Å². The highest BCUT2D eigenvalue weighted by molar-refractivity contribution is 6.35. The fourth-order valence-electron chi connectivity index (χ4n) is 6.29. The van der Waals surface area contributed by atoms with E-state index >= 15 is 0 Å². The molecule has 2 fully saturated rings. The zero-order valence-electron chi connectivity index (χ0n) is 25.5. The van der Waals surface area contributed by atoms with E-state index in [0.717, 1.165) is 25.0 Å². The van der Waals surface area contributed by atoms with Gasteiger partial charge in [0.05, 0.1) is 24.9 Å². The Kier molecular flexibility index (Phi) is 11.7. The fourth-order valence-corrected chi connectivity index (χ4v) is 6.80. The maximum Gasteiger partial charge on any atom is 0.259 e. The number of nitrogens with zero attached hydrogens (tertiary/aromatic N) is 4. The molecule has 256 valence electrons. The zero-order chi connectivity index (χ0) is 33.8. The van der Waals surface area contributed by atoms with Crippen molar-refractivity contribution in [1.29, 1.82) is 0 Å². The van der Waals surface area contributed by atoms with Crippen molar-refractivity contribution in [2.45, 2.75) is 74.7 Å². The molecule has 2 aromatic carbocycles. The molecule has 1 amide bonds. The van der Waals surface area contributed by atoms with Gasteiger partial charge in [-0.25, -0.2) is 13.5 Å². The Morgan fingerprint density at radius 1 is 1.11 bits per heavy atom. The van der Waals surface area contributed by atoms with Crippen molar-refractivity contribution < 1.29 is 43.5 Å². The number of aliphatic hydroxyl groups is 4. The van der Waals surface area contributed by atoms with Gasteiger partial charge in [-0.15, -0.1) is 5.10 Å². The van der Waals surface area contributed by atoms with Crippen molar-refractivity contribution in [1.82, 2.24) is 15.0 Å². The number of benzene rings is 2. The average molecular weight is 701 g/mol. The number of amides is 1. The van der Waals surface area contributed by atoms with E-state index in [9.17, 15) is 28.9 Å². The van der Waals surface area contributed by atoms with E-state index in [1.807, 2.05) is 0 Å². The normalized spacial score (nSPS) is 26.3. The van der Waals surface area contributed by atoms with Crippen LogP contribution in [0.1, 0.15) is 38.1 Å². The first kappa shape index (κ1) is 35.4.